The molecule has 0 atom stereocenters. The van der Waals surface area contributed by atoms with Crippen molar-refractivity contribution in [3.05, 3.63) is 57.0 Å². The summed E-state index contributed by atoms with van der Waals surface area (Å²) in [5, 5.41) is 10.9. The van der Waals surface area contributed by atoms with Gasteiger partial charge in [-0.05, 0) is 37.3 Å². The van der Waals surface area contributed by atoms with Gasteiger partial charge in [0.1, 0.15) is 0 Å². The summed E-state index contributed by atoms with van der Waals surface area (Å²) in [6, 6.07) is 11.1. The van der Waals surface area contributed by atoms with Crippen LogP contribution in [-0.4, -0.2) is 41.8 Å². The van der Waals surface area contributed by atoms with Gasteiger partial charge in [-0.2, -0.15) is 0 Å². The predicted octanol–water partition coefficient (Wildman–Crippen LogP) is 3.18. The molecule has 0 saturated carbocycles. The van der Waals surface area contributed by atoms with E-state index in [1.54, 1.807) is 13.0 Å². The van der Waals surface area contributed by atoms with Crippen LogP contribution in [0, 0.1) is 10.1 Å². The molecule has 7 heteroatoms. The van der Waals surface area contributed by atoms with E-state index in [4.69, 9.17) is 0 Å². The molecule has 126 valence electrons. The lowest BCUT2D eigenvalue weighted by Gasteiger charge is -2.35. The first-order chi connectivity index (χ1) is 11.5. The number of nitro groups is 1. The average molecular weight is 345 g/mol. The molecule has 0 N–H and O–H groups in total. The van der Waals surface area contributed by atoms with Gasteiger partial charge in [0.05, 0.1) is 4.92 Å². The Labute approximate surface area is 144 Å². The highest BCUT2D eigenvalue weighted by Crippen LogP contribution is 2.26. The number of Topliss-reactive ketones (excluding diaryl/α,β-unsaturated/α-hetero) is 1. The van der Waals surface area contributed by atoms with Crippen LogP contribution in [0.2, 0.25) is 0 Å². The highest BCUT2D eigenvalue weighted by molar-refractivity contribution is 7.15. The van der Waals surface area contributed by atoms with Gasteiger partial charge in [0.15, 0.2) is 5.78 Å². The highest BCUT2D eigenvalue weighted by Gasteiger charge is 2.19. The maximum Gasteiger partial charge on any atom is 0.324 e. The van der Waals surface area contributed by atoms with Crippen molar-refractivity contribution in [2.45, 2.75) is 13.5 Å². The third-order valence-corrected chi connectivity index (χ3v) is 5.24. The Hall–Kier alpha value is -2.25. The fourth-order valence-corrected chi connectivity index (χ4v) is 3.70. The summed E-state index contributed by atoms with van der Waals surface area (Å²) < 4.78 is 0. The van der Waals surface area contributed by atoms with E-state index >= 15 is 0 Å². The van der Waals surface area contributed by atoms with E-state index in [-0.39, 0.29) is 15.7 Å². The third-order valence-electron chi connectivity index (χ3n) is 4.22. The highest BCUT2D eigenvalue weighted by atomic mass is 32.1. The van der Waals surface area contributed by atoms with Crippen LogP contribution in [-0.2, 0) is 6.54 Å². The summed E-state index contributed by atoms with van der Waals surface area (Å²) >= 11 is 1.25. The number of thiophene rings is 1. The van der Waals surface area contributed by atoms with E-state index in [1.807, 2.05) is 30.3 Å². The third kappa shape index (κ3) is 3.80. The molecular weight excluding hydrogens is 326 g/mol. The molecular formula is C17H19N3O3S. The molecule has 2 aromatic rings. The fourth-order valence-electron chi connectivity index (χ4n) is 2.84. The second-order valence-corrected chi connectivity index (χ2v) is 7.01. The van der Waals surface area contributed by atoms with Crippen LogP contribution in [0.5, 0.6) is 0 Å². The number of rotatable bonds is 5. The number of hydrogen-bond donors (Lipinski definition) is 0. The van der Waals surface area contributed by atoms with Gasteiger partial charge in [-0.25, -0.2) is 0 Å². The van der Waals surface area contributed by atoms with Gasteiger partial charge in [-0.15, -0.1) is 0 Å². The molecule has 2 heterocycles. The molecule has 1 aromatic carbocycles. The topological polar surface area (TPSA) is 66.7 Å². The van der Waals surface area contributed by atoms with E-state index in [1.165, 1.54) is 11.3 Å². The molecule has 1 aliphatic heterocycles. The van der Waals surface area contributed by atoms with E-state index in [0.29, 0.717) is 0 Å². The first-order valence-corrected chi connectivity index (χ1v) is 8.66. The zero-order valence-corrected chi connectivity index (χ0v) is 14.3. The van der Waals surface area contributed by atoms with Crippen LogP contribution in [0.3, 0.4) is 0 Å². The minimum atomic E-state index is -0.336. The van der Waals surface area contributed by atoms with E-state index in [0.717, 1.165) is 48.9 Å². The first-order valence-electron chi connectivity index (χ1n) is 7.84. The monoisotopic (exact) mass is 345 g/mol. The average Bonchev–Trinajstić information content (AvgIpc) is 3.04. The van der Waals surface area contributed by atoms with E-state index in [2.05, 4.69) is 9.80 Å². The van der Waals surface area contributed by atoms with Crippen LogP contribution in [0.15, 0.2) is 36.4 Å². The number of anilines is 1. The largest absolute Gasteiger partial charge is 0.369 e. The Morgan fingerprint density at radius 1 is 1.12 bits per heavy atom. The van der Waals surface area contributed by atoms with Gasteiger partial charge in [-0.3, -0.25) is 19.8 Å². The van der Waals surface area contributed by atoms with Crippen LogP contribution < -0.4 is 4.90 Å². The van der Waals surface area contributed by atoms with Crippen molar-refractivity contribution in [2.75, 3.05) is 31.1 Å². The Morgan fingerprint density at radius 3 is 2.33 bits per heavy atom. The molecule has 3 rings (SSSR count). The van der Waals surface area contributed by atoms with Crippen LogP contribution in [0.1, 0.15) is 22.2 Å². The Bertz CT molecular complexity index is 734. The maximum atomic E-state index is 11.3. The minimum Gasteiger partial charge on any atom is -0.369 e. The molecule has 0 bridgehead atoms. The number of ketones is 1. The lowest BCUT2D eigenvalue weighted by molar-refractivity contribution is -0.380. The predicted molar refractivity (Wildman–Crippen MR) is 94.9 cm³/mol. The van der Waals surface area contributed by atoms with Crippen LogP contribution in [0.4, 0.5) is 10.7 Å². The normalized spacial score (nSPS) is 15.5. The lowest BCUT2D eigenvalue weighted by Crippen LogP contribution is -2.45. The molecule has 24 heavy (non-hydrogen) atoms. The minimum absolute atomic E-state index is 0.0800. The number of hydrogen-bond acceptors (Lipinski definition) is 6. The molecule has 1 saturated heterocycles. The SMILES string of the molecule is CC(=O)c1ccc(N2CCN(Cc3ccc([N+](=O)[O-])s3)CC2)cc1. The number of nitrogens with zero attached hydrogens (tertiary/aromatic N) is 3. The second kappa shape index (κ2) is 7.11. The second-order valence-electron chi connectivity index (χ2n) is 5.86. The smallest absolute Gasteiger partial charge is 0.324 e. The lowest BCUT2D eigenvalue weighted by atomic mass is 10.1. The number of piperazine rings is 1. The van der Waals surface area contributed by atoms with Crippen molar-refractivity contribution in [2.24, 2.45) is 0 Å². The molecule has 1 aliphatic rings. The summed E-state index contributed by atoms with van der Waals surface area (Å²) in [6.07, 6.45) is 0. The Balaban J connectivity index is 1.55. The van der Waals surface area contributed by atoms with Gasteiger partial charge in [-0.1, -0.05) is 11.3 Å². The number of carbonyl (C=O) groups excluding carboxylic acids is 1. The van der Waals surface area contributed by atoms with Crippen LogP contribution in [0.25, 0.3) is 0 Å². The summed E-state index contributed by atoms with van der Waals surface area (Å²) in [7, 11) is 0. The fraction of sp³-hybridized carbons (Fsp3) is 0.353. The summed E-state index contributed by atoms with van der Waals surface area (Å²) in [6.45, 7) is 5.98. The van der Waals surface area contributed by atoms with Crippen LogP contribution >= 0.6 is 11.3 Å². The molecule has 0 spiro atoms. The number of benzene rings is 1. The standard InChI is InChI=1S/C17H19N3O3S/c1-13(21)14-2-4-15(5-3-14)19-10-8-18(9-11-19)12-16-6-7-17(24-16)20(22)23/h2-7H,8-12H2,1H3. The van der Waals surface area contributed by atoms with Crippen molar-refractivity contribution in [3.8, 4) is 0 Å². The molecule has 0 amide bonds. The van der Waals surface area contributed by atoms with Crippen molar-refractivity contribution in [3.63, 3.8) is 0 Å². The maximum absolute atomic E-state index is 11.3. The summed E-state index contributed by atoms with van der Waals surface area (Å²) in [4.78, 5) is 27.4. The van der Waals surface area contributed by atoms with Gasteiger partial charge in [0.25, 0.3) is 0 Å². The molecule has 0 radical (unpaired) electrons. The summed E-state index contributed by atoms with van der Waals surface area (Å²) in [5.41, 5.74) is 1.86. The molecule has 1 fully saturated rings. The van der Waals surface area contributed by atoms with Gasteiger partial charge in [0, 0.05) is 54.9 Å². The van der Waals surface area contributed by atoms with Gasteiger partial charge < -0.3 is 4.90 Å². The van der Waals surface area contributed by atoms with Crippen molar-refractivity contribution >= 4 is 27.8 Å². The Morgan fingerprint density at radius 2 is 1.79 bits per heavy atom. The zero-order chi connectivity index (χ0) is 17.1. The first kappa shape index (κ1) is 16.6. The number of carbonyl (C=O) groups is 1. The van der Waals surface area contributed by atoms with Crippen molar-refractivity contribution < 1.29 is 9.72 Å². The molecule has 0 unspecified atom stereocenters. The van der Waals surface area contributed by atoms with Gasteiger partial charge in [0.2, 0.25) is 0 Å². The molecule has 6 nitrogen and oxygen atoms in total. The van der Waals surface area contributed by atoms with Crippen molar-refractivity contribution in [1.29, 1.82) is 0 Å². The summed E-state index contributed by atoms with van der Waals surface area (Å²) in [5.74, 6) is 0.0800. The molecule has 0 aliphatic carbocycles. The zero-order valence-electron chi connectivity index (χ0n) is 13.5. The van der Waals surface area contributed by atoms with Crippen molar-refractivity contribution in [1.82, 2.24) is 4.90 Å². The van der Waals surface area contributed by atoms with Gasteiger partial charge >= 0.3 is 5.00 Å². The molecule has 1 aromatic heterocycles. The Kier molecular flexibility index (Phi) is 4.92. The van der Waals surface area contributed by atoms with E-state index < -0.39 is 0 Å². The van der Waals surface area contributed by atoms with E-state index in [9.17, 15) is 14.9 Å². The quantitative estimate of drug-likeness (QED) is 0.473.